The highest BCUT2D eigenvalue weighted by Crippen LogP contribution is 2.30. The summed E-state index contributed by atoms with van der Waals surface area (Å²) in [5.74, 6) is -0.672. The Bertz CT molecular complexity index is 1240. The molecule has 2 heterocycles. The second-order valence-corrected chi connectivity index (χ2v) is 11.5. The Balaban J connectivity index is 0.00000484. The monoisotopic (exact) mass is 597 g/mol. The lowest BCUT2D eigenvalue weighted by Crippen LogP contribution is -2.62. The number of nitrogens with zero attached hydrogens (tertiary/aromatic N) is 2. The summed E-state index contributed by atoms with van der Waals surface area (Å²) in [6.45, 7) is 6.60. The Morgan fingerprint density at radius 2 is 1.64 bits per heavy atom. The highest BCUT2D eigenvalue weighted by Gasteiger charge is 2.45. The summed E-state index contributed by atoms with van der Waals surface area (Å²) in [5.41, 5.74) is 3.11. The van der Waals surface area contributed by atoms with Crippen LogP contribution in [-0.4, -0.2) is 77.7 Å². The van der Waals surface area contributed by atoms with Crippen LogP contribution in [0.2, 0.25) is 0 Å². The molecule has 2 saturated heterocycles. The molecule has 4 amide bonds. The number of likely N-dealkylation sites (N-methyl/N-ethyl adjacent to an activating group) is 1. The summed E-state index contributed by atoms with van der Waals surface area (Å²) in [7, 11) is 1.68. The molecular weight excluding hydrogens is 554 g/mol. The van der Waals surface area contributed by atoms with Gasteiger partial charge in [0.2, 0.25) is 23.6 Å². The van der Waals surface area contributed by atoms with Crippen molar-refractivity contribution < 1.29 is 19.2 Å². The molecule has 228 valence electrons. The second-order valence-electron chi connectivity index (χ2n) is 11.5. The van der Waals surface area contributed by atoms with Crippen molar-refractivity contribution in [2.45, 2.75) is 77.2 Å². The van der Waals surface area contributed by atoms with Crippen molar-refractivity contribution in [3.8, 4) is 11.1 Å². The molecule has 3 N–H and O–H groups in total. The average Bonchev–Trinajstić information content (AvgIpc) is 3.39. The van der Waals surface area contributed by atoms with Crippen LogP contribution in [-0.2, 0) is 25.7 Å². The van der Waals surface area contributed by atoms with Crippen LogP contribution in [0.1, 0.15) is 52.0 Å². The summed E-state index contributed by atoms with van der Waals surface area (Å²) in [4.78, 5) is 56.8. The maximum Gasteiger partial charge on any atom is 0.247 e. The predicted octanol–water partition coefficient (Wildman–Crippen LogP) is 3.12. The smallest absolute Gasteiger partial charge is 0.247 e. The van der Waals surface area contributed by atoms with Crippen molar-refractivity contribution in [2.75, 3.05) is 20.1 Å². The standard InChI is InChI=1S/C32H43N5O4.ClH/c1-21(2)18-29(38)36-17-16-25-14-15-28(37(25)32(41)27(20-36)35-30(39)22(3)33-4)31(40)34-19-24-12-8-9-13-26(24)23-10-6-5-7-11-23;/h5-13,21-22,25,27-28,33H,14-20H2,1-4H3,(H,34,40)(H,35,39);1H. The number of amides is 4. The molecule has 2 aliphatic rings. The van der Waals surface area contributed by atoms with E-state index >= 15 is 0 Å². The van der Waals surface area contributed by atoms with E-state index in [2.05, 4.69) is 16.0 Å². The molecule has 2 fully saturated rings. The zero-order valence-electron chi connectivity index (χ0n) is 25.0. The molecule has 2 aliphatic heterocycles. The lowest BCUT2D eigenvalue weighted by atomic mass is 9.99. The molecule has 0 aliphatic carbocycles. The first-order valence-corrected chi connectivity index (χ1v) is 14.7. The molecule has 4 rings (SSSR count). The second kappa shape index (κ2) is 15.2. The van der Waals surface area contributed by atoms with E-state index in [4.69, 9.17) is 0 Å². The maximum absolute atomic E-state index is 14.0. The average molecular weight is 598 g/mol. The van der Waals surface area contributed by atoms with Crippen molar-refractivity contribution in [2.24, 2.45) is 5.92 Å². The molecule has 42 heavy (non-hydrogen) atoms. The third kappa shape index (κ3) is 7.89. The van der Waals surface area contributed by atoms with Gasteiger partial charge in [-0.3, -0.25) is 19.2 Å². The van der Waals surface area contributed by atoms with Gasteiger partial charge in [0.05, 0.1) is 6.04 Å². The fraction of sp³-hybridized carbons (Fsp3) is 0.500. The molecule has 0 spiro atoms. The Labute approximate surface area is 255 Å². The third-order valence-electron chi connectivity index (χ3n) is 8.13. The van der Waals surface area contributed by atoms with Crippen molar-refractivity contribution in [3.63, 3.8) is 0 Å². The Hall–Kier alpha value is -3.43. The van der Waals surface area contributed by atoms with E-state index in [9.17, 15) is 19.2 Å². The summed E-state index contributed by atoms with van der Waals surface area (Å²) in [6.07, 6.45) is 2.19. The van der Waals surface area contributed by atoms with Gasteiger partial charge < -0.3 is 25.8 Å². The van der Waals surface area contributed by atoms with E-state index in [0.29, 0.717) is 38.8 Å². The van der Waals surface area contributed by atoms with Gasteiger partial charge in [0.15, 0.2) is 0 Å². The minimum atomic E-state index is -0.926. The fourth-order valence-corrected chi connectivity index (χ4v) is 5.75. The Kier molecular flexibility index (Phi) is 11.9. The number of carbonyl (C=O) groups is 4. The van der Waals surface area contributed by atoms with Gasteiger partial charge in [-0.2, -0.15) is 0 Å². The largest absolute Gasteiger partial charge is 0.350 e. The van der Waals surface area contributed by atoms with Crippen LogP contribution in [0.5, 0.6) is 0 Å². The number of fused-ring (bicyclic) bond motifs is 1. The highest BCUT2D eigenvalue weighted by atomic mass is 35.5. The summed E-state index contributed by atoms with van der Waals surface area (Å²) < 4.78 is 0. The molecule has 10 heteroatoms. The molecule has 9 nitrogen and oxygen atoms in total. The first-order valence-electron chi connectivity index (χ1n) is 14.7. The van der Waals surface area contributed by atoms with Crippen LogP contribution in [0.15, 0.2) is 54.6 Å². The Morgan fingerprint density at radius 1 is 0.952 bits per heavy atom. The summed E-state index contributed by atoms with van der Waals surface area (Å²) in [6, 6.07) is 15.8. The van der Waals surface area contributed by atoms with E-state index in [0.717, 1.165) is 16.7 Å². The number of carbonyl (C=O) groups excluding carboxylic acids is 4. The van der Waals surface area contributed by atoms with E-state index in [1.807, 2.05) is 68.4 Å². The minimum absolute atomic E-state index is 0. The van der Waals surface area contributed by atoms with Crippen molar-refractivity contribution in [1.82, 2.24) is 25.8 Å². The summed E-state index contributed by atoms with van der Waals surface area (Å²) in [5, 5.41) is 8.84. The van der Waals surface area contributed by atoms with Crippen molar-refractivity contribution in [1.29, 1.82) is 0 Å². The normalized spacial score (nSPS) is 21.1. The molecule has 0 bridgehead atoms. The van der Waals surface area contributed by atoms with Crippen LogP contribution in [0.3, 0.4) is 0 Å². The number of benzene rings is 2. The topological polar surface area (TPSA) is 111 Å². The molecule has 4 atom stereocenters. The van der Waals surface area contributed by atoms with Crippen LogP contribution in [0.25, 0.3) is 11.1 Å². The van der Waals surface area contributed by atoms with Gasteiger partial charge in [-0.05, 0) is 55.8 Å². The van der Waals surface area contributed by atoms with Crippen LogP contribution >= 0.6 is 12.4 Å². The van der Waals surface area contributed by atoms with Crippen molar-refractivity contribution >= 4 is 36.0 Å². The number of rotatable bonds is 9. The highest BCUT2D eigenvalue weighted by molar-refractivity contribution is 5.94. The molecular formula is C32H44ClN5O4. The maximum atomic E-state index is 14.0. The lowest BCUT2D eigenvalue weighted by molar-refractivity contribution is -0.147. The van der Waals surface area contributed by atoms with Gasteiger partial charge in [-0.25, -0.2) is 0 Å². The predicted molar refractivity (Wildman–Crippen MR) is 166 cm³/mol. The van der Waals surface area contributed by atoms with E-state index in [1.165, 1.54) is 0 Å². The molecule has 0 aromatic heterocycles. The first-order chi connectivity index (χ1) is 19.7. The van der Waals surface area contributed by atoms with Crippen LogP contribution in [0.4, 0.5) is 0 Å². The zero-order valence-corrected chi connectivity index (χ0v) is 25.8. The lowest BCUT2D eigenvalue weighted by Gasteiger charge is -2.39. The third-order valence-corrected chi connectivity index (χ3v) is 8.13. The minimum Gasteiger partial charge on any atom is -0.350 e. The van der Waals surface area contributed by atoms with Crippen molar-refractivity contribution in [3.05, 3.63) is 60.2 Å². The van der Waals surface area contributed by atoms with E-state index < -0.39 is 18.1 Å². The SMILES string of the molecule is CNC(C)C(=O)NC1CN(C(=O)CC(C)C)CCC2CCC(C(=O)NCc3ccccc3-c3ccccc3)N2C1=O.Cl. The van der Waals surface area contributed by atoms with E-state index in [-0.39, 0.29) is 54.5 Å². The van der Waals surface area contributed by atoms with Crippen LogP contribution in [0, 0.1) is 5.92 Å². The molecule has 4 unspecified atom stereocenters. The zero-order chi connectivity index (χ0) is 29.5. The quantitative estimate of drug-likeness (QED) is 0.411. The van der Waals surface area contributed by atoms with Gasteiger partial charge in [0.1, 0.15) is 12.1 Å². The van der Waals surface area contributed by atoms with E-state index in [1.54, 1.807) is 23.8 Å². The fourth-order valence-electron chi connectivity index (χ4n) is 5.75. The molecule has 2 aromatic rings. The Morgan fingerprint density at radius 3 is 2.33 bits per heavy atom. The number of hydrogen-bond donors (Lipinski definition) is 3. The number of halogens is 1. The van der Waals surface area contributed by atoms with Crippen LogP contribution < -0.4 is 16.0 Å². The van der Waals surface area contributed by atoms with Gasteiger partial charge >= 0.3 is 0 Å². The van der Waals surface area contributed by atoms with Gasteiger partial charge in [-0.1, -0.05) is 68.4 Å². The number of hydrogen-bond acceptors (Lipinski definition) is 5. The molecule has 0 radical (unpaired) electrons. The first kappa shape index (κ1) is 33.1. The van der Waals surface area contributed by atoms with Gasteiger partial charge in [-0.15, -0.1) is 12.4 Å². The summed E-state index contributed by atoms with van der Waals surface area (Å²) >= 11 is 0. The van der Waals surface area contributed by atoms with Gasteiger partial charge in [0.25, 0.3) is 0 Å². The molecule has 2 aromatic carbocycles. The molecule has 0 saturated carbocycles. The number of nitrogens with one attached hydrogen (secondary N) is 3. The van der Waals surface area contributed by atoms with Gasteiger partial charge in [0, 0.05) is 32.1 Å².